The number of rotatable bonds is 4. The highest BCUT2D eigenvalue weighted by atomic mass is 35.5. The first-order valence-electron chi connectivity index (χ1n) is 11.0. The fourth-order valence-electron chi connectivity index (χ4n) is 5.13. The highest BCUT2D eigenvalue weighted by Gasteiger charge is 2.40. The van der Waals surface area contributed by atoms with Gasteiger partial charge in [-0.05, 0) is 50.5 Å². The van der Waals surface area contributed by atoms with Crippen molar-refractivity contribution in [1.29, 1.82) is 0 Å². The van der Waals surface area contributed by atoms with Crippen LogP contribution in [-0.2, 0) is 16.1 Å². The van der Waals surface area contributed by atoms with Gasteiger partial charge in [-0.1, -0.05) is 42.7 Å². The maximum Gasteiger partial charge on any atom is 0.239 e. The van der Waals surface area contributed by atoms with Gasteiger partial charge in [-0.3, -0.25) is 9.59 Å². The topological polar surface area (TPSA) is 61.4 Å². The number of halogens is 1. The molecule has 29 heavy (non-hydrogen) atoms. The number of nitrogens with one attached hydrogen (secondary N) is 2. The minimum atomic E-state index is 0. The first-order valence-corrected chi connectivity index (χ1v) is 11.0. The van der Waals surface area contributed by atoms with E-state index in [1.807, 2.05) is 4.90 Å². The molecule has 1 aromatic carbocycles. The van der Waals surface area contributed by atoms with Crippen molar-refractivity contribution >= 4 is 24.2 Å². The largest absolute Gasteiger partial charge is 0.352 e. The number of hydrogen-bond acceptors (Lipinski definition) is 3. The summed E-state index contributed by atoms with van der Waals surface area (Å²) in [4.78, 5) is 27.4. The molecule has 2 heterocycles. The Morgan fingerprint density at radius 3 is 2.45 bits per heavy atom. The summed E-state index contributed by atoms with van der Waals surface area (Å²) in [6.45, 7) is 4.05. The van der Waals surface area contributed by atoms with Crippen molar-refractivity contribution in [3.05, 3.63) is 35.4 Å². The van der Waals surface area contributed by atoms with Crippen LogP contribution >= 0.6 is 12.4 Å². The van der Waals surface area contributed by atoms with Crippen LogP contribution in [0.5, 0.6) is 0 Å². The van der Waals surface area contributed by atoms with E-state index in [0.717, 1.165) is 24.8 Å². The van der Waals surface area contributed by atoms with E-state index in [9.17, 15) is 9.59 Å². The van der Waals surface area contributed by atoms with Gasteiger partial charge in [0.15, 0.2) is 0 Å². The first kappa shape index (κ1) is 22.1. The van der Waals surface area contributed by atoms with Crippen LogP contribution in [0.25, 0.3) is 0 Å². The van der Waals surface area contributed by atoms with Crippen LogP contribution in [0, 0.1) is 18.8 Å². The number of hydrogen-bond donors (Lipinski definition) is 2. The van der Waals surface area contributed by atoms with Gasteiger partial charge in [0, 0.05) is 31.6 Å². The molecule has 2 aliphatic heterocycles. The van der Waals surface area contributed by atoms with Gasteiger partial charge >= 0.3 is 0 Å². The molecule has 2 saturated heterocycles. The average Bonchev–Trinajstić information content (AvgIpc) is 3.17. The number of amides is 2. The van der Waals surface area contributed by atoms with Crippen molar-refractivity contribution in [2.75, 3.05) is 13.1 Å². The predicted octanol–water partition coefficient (Wildman–Crippen LogP) is 3.19. The summed E-state index contributed by atoms with van der Waals surface area (Å²) >= 11 is 0. The molecule has 0 aromatic heterocycles. The summed E-state index contributed by atoms with van der Waals surface area (Å²) in [5.74, 6) is 1.09. The number of piperidine rings is 1. The number of likely N-dealkylation sites (tertiary alicyclic amines) is 1. The van der Waals surface area contributed by atoms with Gasteiger partial charge in [-0.15, -0.1) is 12.4 Å². The quantitative estimate of drug-likeness (QED) is 0.787. The molecule has 3 unspecified atom stereocenters. The minimum Gasteiger partial charge on any atom is -0.352 e. The van der Waals surface area contributed by atoms with Crippen LogP contribution in [0.3, 0.4) is 0 Å². The third-order valence-corrected chi connectivity index (χ3v) is 6.93. The van der Waals surface area contributed by atoms with E-state index < -0.39 is 0 Å². The Bertz CT molecular complexity index is 687. The summed E-state index contributed by atoms with van der Waals surface area (Å²) in [6, 6.07) is 8.80. The molecular formula is C23H34ClN3O2. The Labute approximate surface area is 180 Å². The summed E-state index contributed by atoms with van der Waals surface area (Å²) < 4.78 is 0. The van der Waals surface area contributed by atoms with Crippen LogP contribution in [0.4, 0.5) is 0 Å². The predicted molar refractivity (Wildman–Crippen MR) is 117 cm³/mol. The lowest BCUT2D eigenvalue weighted by Gasteiger charge is -2.33. The Balaban J connectivity index is 0.00000240. The molecule has 3 aliphatic rings. The van der Waals surface area contributed by atoms with Crippen molar-refractivity contribution in [2.45, 2.75) is 70.5 Å². The van der Waals surface area contributed by atoms with E-state index in [1.165, 1.54) is 31.2 Å². The molecule has 0 bridgehead atoms. The van der Waals surface area contributed by atoms with Crippen molar-refractivity contribution < 1.29 is 9.59 Å². The Hall–Kier alpha value is -1.59. The molecule has 1 saturated carbocycles. The Kier molecular flexibility index (Phi) is 7.58. The molecule has 0 spiro atoms. The fraction of sp³-hybridized carbons (Fsp3) is 0.652. The number of aryl methyl sites for hydroxylation is 1. The third-order valence-electron chi connectivity index (χ3n) is 6.93. The minimum absolute atomic E-state index is 0. The van der Waals surface area contributed by atoms with E-state index in [4.69, 9.17) is 0 Å². The van der Waals surface area contributed by atoms with Crippen LogP contribution < -0.4 is 10.6 Å². The summed E-state index contributed by atoms with van der Waals surface area (Å²) in [6.07, 6.45) is 7.63. The van der Waals surface area contributed by atoms with Crippen LogP contribution in [0.2, 0.25) is 0 Å². The van der Waals surface area contributed by atoms with Gasteiger partial charge in [-0.2, -0.15) is 0 Å². The lowest BCUT2D eigenvalue weighted by Crippen LogP contribution is -2.49. The molecule has 160 valence electrons. The molecule has 4 rings (SSSR count). The molecule has 3 atom stereocenters. The zero-order chi connectivity index (χ0) is 19.5. The van der Waals surface area contributed by atoms with Crippen LogP contribution in [-0.4, -0.2) is 41.9 Å². The van der Waals surface area contributed by atoms with E-state index in [-0.39, 0.29) is 36.2 Å². The second-order valence-corrected chi connectivity index (χ2v) is 8.91. The van der Waals surface area contributed by atoms with E-state index in [1.54, 1.807) is 0 Å². The number of fused-ring (bicyclic) bond motifs is 1. The molecule has 2 N–H and O–H groups in total. The molecule has 1 aromatic rings. The molecule has 1 aliphatic carbocycles. The lowest BCUT2D eigenvalue weighted by atomic mass is 9.85. The average molecular weight is 420 g/mol. The monoisotopic (exact) mass is 419 g/mol. The zero-order valence-corrected chi connectivity index (χ0v) is 18.2. The number of benzene rings is 1. The van der Waals surface area contributed by atoms with E-state index in [2.05, 4.69) is 41.8 Å². The van der Waals surface area contributed by atoms with Crippen LogP contribution in [0.1, 0.15) is 56.1 Å². The summed E-state index contributed by atoms with van der Waals surface area (Å²) in [5.41, 5.74) is 2.35. The summed E-state index contributed by atoms with van der Waals surface area (Å²) in [5, 5.41) is 6.66. The molecule has 2 amide bonds. The fourth-order valence-corrected chi connectivity index (χ4v) is 5.13. The summed E-state index contributed by atoms with van der Waals surface area (Å²) in [7, 11) is 0. The SMILES string of the molecule is Cc1ccc(CNC(=O)C2CCN(C(=O)C3CC4CCCCC4N3)CC2)cc1.Cl. The second-order valence-electron chi connectivity index (χ2n) is 8.91. The normalized spacial score (nSPS) is 27.1. The van der Waals surface area contributed by atoms with Gasteiger partial charge < -0.3 is 15.5 Å². The molecule has 5 nitrogen and oxygen atoms in total. The lowest BCUT2D eigenvalue weighted by molar-refractivity contribution is -0.137. The van der Waals surface area contributed by atoms with Crippen molar-refractivity contribution in [3.8, 4) is 0 Å². The second kappa shape index (κ2) is 9.94. The van der Waals surface area contributed by atoms with Gasteiger partial charge in [-0.25, -0.2) is 0 Å². The maximum atomic E-state index is 12.9. The third kappa shape index (κ3) is 5.32. The van der Waals surface area contributed by atoms with Gasteiger partial charge in [0.05, 0.1) is 6.04 Å². The van der Waals surface area contributed by atoms with Crippen molar-refractivity contribution in [2.24, 2.45) is 11.8 Å². The van der Waals surface area contributed by atoms with Gasteiger partial charge in [0.1, 0.15) is 0 Å². The molecule has 0 radical (unpaired) electrons. The van der Waals surface area contributed by atoms with Crippen molar-refractivity contribution in [3.63, 3.8) is 0 Å². The van der Waals surface area contributed by atoms with Crippen molar-refractivity contribution in [1.82, 2.24) is 15.5 Å². The first-order chi connectivity index (χ1) is 13.6. The maximum absolute atomic E-state index is 12.9. The smallest absolute Gasteiger partial charge is 0.239 e. The molecule has 6 heteroatoms. The molecule has 3 fully saturated rings. The highest BCUT2D eigenvalue weighted by molar-refractivity contribution is 5.85. The zero-order valence-electron chi connectivity index (χ0n) is 17.4. The Morgan fingerprint density at radius 1 is 1.07 bits per heavy atom. The van der Waals surface area contributed by atoms with Gasteiger partial charge in [0.25, 0.3) is 0 Å². The highest BCUT2D eigenvalue weighted by Crippen LogP contribution is 2.34. The standard InChI is InChI=1S/C23H33N3O2.ClH/c1-16-6-8-17(9-7-16)15-24-22(27)18-10-12-26(13-11-18)23(28)21-14-19-4-2-3-5-20(19)25-21;/h6-9,18-21,25H,2-5,10-15H2,1H3,(H,24,27);1H. The Morgan fingerprint density at radius 2 is 1.76 bits per heavy atom. The number of carbonyl (C=O) groups excluding carboxylic acids is 2. The van der Waals surface area contributed by atoms with E-state index in [0.29, 0.717) is 31.6 Å². The number of carbonyl (C=O) groups is 2. The molecular weight excluding hydrogens is 386 g/mol. The van der Waals surface area contributed by atoms with E-state index >= 15 is 0 Å². The van der Waals surface area contributed by atoms with Gasteiger partial charge in [0.2, 0.25) is 11.8 Å². The van der Waals surface area contributed by atoms with Crippen LogP contribution in [0.15, 0.2) is 24.3 Å². The number of nitrogens with zero attached hydrogens (tertiary/aromatic N) is 1.